The molecule has 2 aromatic heterocycles. The molecule has 4 aromatic rings. The maximum absolute atomic E-state index is 13.1. The lowest BCUT2D eigenvalue weighted by Gasteiger charge is -2.11. The summed E-state index contributed by atoms with van der Waals surface area (Å²) in [5, 5.41) is 5.07. The number of hydrogen-bond acceptors (Lipinski definition) is 3. The SMILES string of the molecule is CCc1nc2ccc(Br)cc2c(=O)n1N=Cc1cc(C)n(-c2ccccc2Br)c1C. The molecule has 0 saturated carbocycles. The number of fused-ring (bicyclic) bond motifs is 1. The van der Waals surface area contributed by atoms with Gasteiger partial charge in [-0.2, -0.15) is 9.78 Å². The van der Waals surface area contributed by atoms with E-state index in [1.807, 2.05) is 44.2 Å². The molecular formula is C23H20Br2N4O. The van der Waals surface area contributed by atoms with Crippen LogP contribution in [0.1, 0.15) is 29.7 Å². The van der Waals surface area contributed by atoms with Gasteiger partial charge >= 0.3 is 0 Å². The van der Waals surface area contributed by atoms with E-state index in [2.05, 4.69) is 65.6 Å². The van der Waals surface area contributed by atoms with Crippen molar-refractivity contribution in [1.29, 1.82) is 0 Å². The van der Waals surface area contributed by atoms with Gasteiger partial charge in [-0.15, -0.1) is 0 Å². The van der Waals surface area contributed by atoms with E-state index in [9.17, 15) is 4.79 Å². The van der Waals surface area contributed by atoms with Gasteiger partial charge in [-0.05, 0) is 66.2 Å². The number of benzene rings is 2. The highest BCUT2D eigenvalue weighted by Gasteiger charge is 2.13. The van der Waals surface area contributed by atoms with Crippen molar-refractivity contribution >= 4 is 49.0 Å². The molecule has 0 bridgehead atoms. The Morgan fingerprint density at radius 1 is 1.10 bits per heavy atom. The molecule has 0 aliphatic heterocycles. The number of aromatic nitrogens is 3. The summed E-state index contributed by atoms with van der Waals surface area (Å²) in [4.78, 5) is 17.7. The summed E-state index contributed by atoms with van der Waals surface area (Å²) < 4.78 is 5.43. The summed E-state index contributed by atoms with van der Waals surface area (Å²) in [5.41, 5.74) is 4.66. The number of halogens is 2. The van der Waals surface area contributed by atoms with Gasteiger partial charge in [0.2, 0.25) is 0 Å². The number of aryl methyl sites for hydroxylation is 2. The topological polar surface area (TPSA) is 52.2 Å². The van der Waals surface area contributed by atoms with Crippen molar-refractivity contribution in [2.45, 2.75) is 27.2 Å². The fourth-order valence-corrected chi connectivity index (χ4v) is 4.41. The van der Waals surface area contributed by atoms with Crippen LogP contribution in [0.3, 0.4) is 0 Å². The zero-order valence-corrected chi connectivity index (χ0v) is 20.0. The van der Waals surface area contributed by atoms with E-state index in [-0.39, 0.29) is 5.56 Å². The van der Waals surface area contributed by atoms with Crippen molar-refractivity contribution in [3.63, 3.8) is 0 Å². The van der Waals surface area contributed by atoms with Crippen molar-refractivity contribution in [2.75, 3.05) is 0 Å². The van der Waals surface area contributed by atoms with Crippen molar-refractivity contribution in [2.24, 2.45) is 5.10 Å². The predicted octanol–water partition coefficient (Wildman–Crippen LogP) is 5.77. The molecular weight excluding hydrogens is 508 g/mol. The molecule has 5 nitrogen and oxygen atoms in total. The van der Waals surface area contributed by atoms with E-state index in [1.165, 1.54) is 4.68 Å². The van der Waals surface area contributed by atoms with Gasteiger partial charge < -0.3 is 4.57 Å². The largest absolute Gasteiger partial charge is 0.317 e. The number of hydrogen-bond donors (Lipinski definition) is 0. The number of nitrogens with zero attached hydrogens (tertiary/aromatic N) is 4. The zero-order valence-electron chi connectivity index (χ0n) is 16.9. The molecule has 0 amide bonds. The molecule has 0 spiro atoms. The van der Waals surface area contributed by atoms with Crippen LogP contribution < -0.4 is 5.56 Å². The highest BCUT2D eigenvalue weighted by Crippen LogP contribution is 2.26. The van der Waals surface area contributed by atoms with Gasteiger partial charge in [0.25, 0.3) is 5.56 Å². The molecule has 30 heavy (non-hydrogen) atoms. The lowest BCUT2D eigenvalue weighted by Crippen LogP contribution is -2.22. The van der Waals surface area contributed by atoms with E-state index >= 15 is 0 Å². The first-order chi connectivity index (χ1) is 14.4. The summed E-state index contributed by atoms with van der Waals surface area (Å²) in [7, 11) is 0. The van der Waals surface area contributed by atoms with Crippen LogP contribution >= 0.6 is 31.9 Å². The van der Waals surface area contributed by atoms with Gasteiger partial charge in [-0.25, -0.2) is 4.98 Å². The third kappa shape index (κ3) is 3.68. The van der Waals surface area contributed by atoms with Gasteiger partial charge in [0, 0.05) is 32.3 Å². The van der Waals surface area contributed by atoms with Gasteiger partial charge in [0.15, 0.2) is 0 Å². The first-order valence-corrected chi connectivity index (χ1v) is 11.2. The Bertz CT molecular complexity index is 1350. The van der Waals surface area contributed by atoms with Crippen molar-refractivity contribution in [1.82, 2.24) is 14.2 Å². The van der Waals surface area contributed by atoms with Gasteiger partial charge in [0.05, 0.1) is 22.8 Å². The molecule has 7 heteroatoms. The Morgan fingerprint density at radius 3 is 2.60 bits per heavy atom. The van der Waals surface area contributed by atoms with Crippen LogP contribution in [0.25, 0.3) is 16.6 Å². The Morgan fingerprint density at radius 2 is 1.87 bits per heavy atom. The van der Waals surface area contributed by atoms with Crippen LogP contribution in [-0.2, 0) is 6.42 Å². The smallest absolute Gasteiger partial charge is 0.282 e. The predicted molar refractivity (Wildman–Crippen MR) is 129 cm³/mol. The number of rotatable bonds is 4. The van der Waals surface area contributed by atoms with E-state index in [0.717, 1.165) is 31.6 Å². The second kappa shape index (κ2) is 8.32. The zero-order chi connectivity index (χ0) is 21.4. The summed E-state index contributed by atoms with van der Waals surface area (Å²) >= 11 is 7.06. The number of para-hydroxylation sites is 1. The van der Waals surface area contributed by atoms with Gasteiger partial charge in [0.1, 0.15) is 5.82 Å². The second-order valence-electron chi connectivity index (χ2n) is 7.02. The monoisotopic (exact) mass is 526 g/mol. The molecule has 152 valence electrons. The lowest BCUT2D eigenvalue weighted by atomic mass is 10.2. The van der Waals surface area contributed by atoms with Crippen LogP contribution in [0.15, 0.2) is 67.4 Å². The average Bonchev–Trinajstić information content (AvgIpc) is 3.01. The molecule has 0 atom stereocenters. The fraction of sp³-hybridized carbons (Fsp3) is 0.174. The van der Waals surface area contributed by atoms with Crippen molar-refractivity contribution < 1.29 is 0 Å². The van der Waals surface area contributed by atoms with E-state index in [0.29, 0.717) is 23.1 Å². The van der Waals surface area contributed by atoms with E-state index in [4.69, 9.17) is 0 Å². The normalized spacial score (nSPS) is 11.6. The highest BCUT2D eigenvalue weighted by atomic mass is 79.9. The van der Waals surface area contributed by atoms with Crippen LogP contribution in [0, 0.1) is 13.8 Å². The Balaban J connectivity index is 1.83. The molecule has 0 radical (unpaired) electrons. The molecule has 2 heterocycles. The Hall–Kier alpha value is -2.51. The molecule has 0 unspecified atom stereocenters. The second-order valence-corrected chi connectivity index (χ2v) is 8.79. The third-order valence-electron chi connectivity index (χ3n) is 5.07. The molecule has 0 aliphatic rings. The maximum Gasteiger partial charge on any atom is 0.282 e. The standard InChI is InChI=1S/C23H20Br2N4O/c1-4-22-27-20-10-9-17(24)12-18(20)23(30)29(22)26-13-16-11-14(2)28(15(16)3)21-8-6-5-7-19(21)25/h5-13H,4H2,1-3H3. The molecule has 0 aliphatic carbocycles. The van der Waals surface area contributed by atoms with E-state index in [1.54, 1.807) is 12.3 Å². The average molecular weight is 528 g/mol. The Labute approximate surface area is 191 Å². The van der Waals surface area contributed by atoms with E-state index < -0.39 is 0 Å². The van der Waals surface area contributed by atoms with Crippen molar-refractivity contribution in [3.05, 3.63) is 90.6 Å². The molecule has 0 saturated heterocycles. The van der Waals surface area contributed by atoms with Crippen LogP contribution in [-0.4, -0.2) is 20.4 Å². The maximum atomic E-state index is 13.1. The van der Waals surface area contributed by atoms with Gasteiger partial charge in [-0.3, -0.25) is 4.79 Å². The molecule has 4 rings (SSSR count). The molecule has 2 aromatic carbocycles. The summed E-state index contributed by atoms with van der Waals surface area (Å²) in [5.74, 6) is 0.630. The summed E-state index contributed by atoms with van der Waals surface area (Å²) in [6, 6.07) is 15.7. The minimum Gasteiger partial charge on any atom is -0.317 e. The summed E-state index contributed by atoms with van der Waals surface area (Å²) in [6.07, 6.45) is 2.34. The first-order valence-electron chi connectivity index (χ1n) is 9.60. The quantitative estimate of drug-likeness (QED) is 0.316. The van der Waals surface area contributed by atoms with Crippen LogP contribution in [0.2, 0.25) is 0 Å². The van der Waals surface area contributed by atoms with Crippen LogP contribution in [0.5, 0.6) is 0 Å². The molecule has 0 N–H and O–H groups in total. The van der Waals surface area contributed by atoms with Gasteiger partial charge in [-0.1, -0.05) is 35.0 Å². The minimum absolute atomic E-state index is 0.172. The fourth-order valence-electron chi connectivity index (χ4n) is 3.58. The molecule has 0 fully saturated rings. The third-order valence-corrected chi connectivity index (χ3v) is 6.23. The lowest BCUT2D eigenvalue weighted by molar-refractivity contribution is 0.734. The summed E-state index contributed by atoms with van der Waals surface area (Å²) in [6.45, 7) is 6.08. The minimum atomic E-state index is -0.172. The van der Waals surface area contributed by atoms with Crippen molar-refractivity contribution in [3.8, 4) is 5.69 Å². The Kier molecular flexibility index (Phi) is 5.75. The highest BCUT2D eigenvalue weighted by molar-refractivity contribution is 9.10. The first kappa shape index (κ1) is 20.8. The van der Waals surface area contributed by atoms with Crippen LogP contribution in [0.4, 0.5) is 0 Å².